The molecule has 0 saturated heterocycles. The van der Waals surface area contributed by atoms with Gasteiger partial charge in [-0.15, -0.1) is 0 Å². The zero-order chi connectivity index (χ0) is 29.6. The van der Waals surface area contributed by atoms with Crippen molar-refractivity contribution < 1.29 is 23.1 Å². The number of halogens is 1. The molecule has 1 fully saturated rings. The van der Waals surface area contributed by atoms with Crippen molar-refractivity contribution in [1.82, 2.24) is 4.72 Å². The molecular formula is C33H41ClN2O5S. The lowest BCUT2D eigenvalue weighted by Crippen LogP contribution is -2.49. The molecule has 2 bridgehead atoms. The minimum Gasteiger partial charge on any atom is -0.490 e. The third-order valence-electron chi connectivity index (χ3n) is 10.4. The maximum absolute atomic E-state index is 13.3. The van der Waals surface area contributed by atoms with E-state index in [-0.39, 0.29) is 23.9 Å². The predicted molar refractivity (Wildman–Crippen MR) is 166 cm³/mol. The molecule has 1 spiro atoms. The average molecular weight is 613 g/mol. The highest BCUT2D eigenvalue weighted by atomic mass is 35.5. The van der Waals surface area contributed by atoms with Gasteiger partial charge in [0.2, 0.25) is 10.0 Å². The molecule has 4 aliphatic rings. The number of hydrogen-bond acceptors (Lipinski definition) is 6. The SMILES string of the molecule is C[C@@H]1[C@@H](C)C/C=C/C(CO)[C@@H]2CC[C@H]2CN2C[C@@]3(CCCc4cc(Cl)ccc43)COc3ccc(cc32)C(=O)NS1(=O)=O. The topological polar surface area (TPSA) is 95.9 Å². The van der Waals surface area contributed by atoms with Crippen LogP contribution in [0.25, 0.3) is 0 Å². The summed E-state index contributed by atoms with van der Waals surface area (Å²) in [5.41, 5.74) is 3.39. The third-order valence-corrected chi connectivity index (χ3v) is 12.6. The van der Waals surface area contributed by atoms with Crippen LogP contribution in [0.1, 0.15) is 67.4 Å². The van der Waals surface area contributed by atoms with E-state index in [0.29, 0.717) is 36.2 Å². The number of hydrogen-bond donors (Lipinski definition) is 2. The van der Waals surface area contributed by atoms with Crippen molar-refractivity contribution in [1.29, 1.82) is 0 Å². The number of aliphatic hydroxyl groups is 1. The number of rotatable bonds is 1. The Kier molecular flexibility index (Phi) is 8.09. The minimum atomic E-state index is -3.90. The number of fused-ring (bicyclic) bond motifs is 4. The van der Waals surface area contributed by atoms with E-state index in [1.165, 1.54) is 11.1 Å². The number of allylic oxidation sites excluding steroid dienone is 1. The summed E-state index contributed by atoms with van der Waals surface area (Å²) in [4.78, 5) is 15.7. The molecule has 2 heterocycles. The Bertz CT molecular complexity index is 1490. The fraction of sp³-hybridized carbons (Fsp3) is 0.545. The normalized spacial score (nSPS) is 33.3. The lowest BCUT2D eigenvalue weighted by atomic mass is 9.66. The molecule has 9 heteroatoms. The number of aryl methyl sites for hydroxylation is 1. The van der Waals surface area contributed by atoms with Crippen LogP contribution in [0.15, 0.2) is 48.6 Å². The van der Waals surface area contributed by atoms with Crippen molar-refractivity contribution in [2.45, 2.75) is 63.0 Å². The maximum atomic E-state index is 13.3. The number of carbonyl (C=O) groups is 1. The Morgan fingerprint density at radius 1 is 1.17 bits per heavy atom. The quantitative estimate of drug-likeness (QED) is 0.414. The van der Waals surface area contributed by atoms with Gasteiger partial charge >= 0.3 is 0 Å². The summed E-state index contributed by atoms with van der Waals surface area (Å²) >= 11 is 6.39. The molecular weight excluding hydrogens is 572 g/mol. The Morgan fingerprint density at radius 3 is 2.76 bits per heavy atom. The van der Waals surface area contributed by atoms with Gasteiger partial charge in [-0.1, -0.05) is 36.7 Å². The molecule has 2 N–H and O–H groups in total. The Balaban J connectivity index is 1.43. The maximum Gasteiger partial charge on any atom is 0.264 e. The molecule has 0 radical (unpaired) electrons. The van der Waals surface area contributed by atoms with Gasteiger partial charge in [-0.05, 0) is 105 Å². The molecule has 2 aliphatic carbocycles. The van der Waals surface area contributed by atoms with Crippen LogP contribution in [-0.4, -0.2) is 51.0 Å². The molecule has 226 valence electrons. The molecule has 7 nitrogen and oxygen atoms in total. The molecule has 0 aromatic heterocycles. The number of aliphatic hydroxyl groups excluding tert-OH is 1. The van der Waals surface area contributed by atoms with E-state index < -0.39 is 21.2 Å². The molecule has 6 atom stereocenters. The molecule has 42 heavy (non-hydrogen) atoms. The molecule has 1 saturated carbocycles. The largest absolute Gasteiger partial charge is 0.490 e. The smallest absolute Gasteiger partial charge is 0.264 e. The van der Waals surface area contributed by atoms with E-state index in [2.05, 4.69) is 27.8 Å². The zero-order valence-electron chi connectivity index (χ0n) is 24.4. The molecule has 2 aromatic carbocycles. The first-order valence-corrected chi connectivity index (χ1v) is 17.2. The number of carbonyl (C=O) groups excluding carboxylic acids is 1. The van der Waals surface area contributed by atoms with Crippen LogP contribution in [0.2, 0.25) is 5.02 Å². The Labute approximate surface area is 254 Å². The number of anilines is 1. The van der Waals surface area contributed by atoms with Gasteiger partial charge in [-0.2, -0.15) is 0 Å². The first kappa shape index (κ1) is 29.5. The highest BCUT2D eigenvalue weighted by Crippen LogP contribution is 2.47. The molecule has 2 aliphatic heterocycles. The number of amides is 1. The van der Waals surface area contributed by atoms with Crippen molar-refractivity contribution in [3.05, 3.63) is 70.3 Å². The Hall–Kier alpha value is -2.55. The lowest BCUT2D eigenvalue weighted by molar-refractivity contribution is 0.0892. The summed E-state index contributed by atoms with van der Waals surface area (Å²) in [6, 6.07) is 11.4. The van der Waals surface area contributed by atoms with Gasteiger partial charge in [0.1, 0.15) is 5.75 Å². The second-order valence-electron chi connectivity index (χ2n) is 13.0. The van der Waals surface area contributed by atoms with Crippen molar-refractivity contribution in [2.75, 3.05) is 31.2 Å². The van der Waals surface area contributed by atoms with Crippen molar-refractivity contribution in [3.63, 3.8) is 0 Å². The first-order chi connectivity index (χ1) is 20.1. The van der Waals surface area contributed by atoms with Gasteiger partial charge in [-0.3, -0.25) is 4.79 Å². The summed E-state index contributed by atoms with van der Waals surface area (Å²) in [6.07, 6.45) is 9.77. The van der Waals surface area contributed by atoms with Crippen LogP contribution in [-0.2, 0) is 21.9 Å². The summed E-state index contributed by atoms with van der Waals surface area (Å²) < 4.78 is 35.3. The average Bonchev–Trinajstić information content (AvgIpc) is 3.10. The van der Waals surface area contributed by atoms with E-state index in [1.807, 2.05) is 19.1 Å². The zero-order valence-corrected chi connectivity index (χ0v) is 26.0. The fourth-order valence-electron chi connectivity index (χ4n) is 7.51. The highest BCUT2D eigenvalue weighted by Gasteiger charge is 2.44. The van der Waals surface area contributed by atoms with Gasteiger partial charge in [0, 0.05) is 41.6 Å². The van der Waals surface area contributed by atoms with E-state index in [1.54, 1.807) is 25.1 Å². The standard InChI is InChI=1S/C33H41ClN2O5S/c1-21-5-3-6-26(18-37)28-11-8-25(28)17-36-19-33(14-4-7-23-15-27(34)10-12-29(23)33)20-41-31-13-9-24(16-30(31)36)32(38)35-42(39,40)22(21)2/h3,6,9-10,12-13,15-16,21-22,25-26,28,37H,4-5,7-8,11,14,17-20H2,1-2H3,(H,35,38)/b6-3+/t21-,22+,25-,26?,28+,33-/m0/s1. The summed E-state index contributed by atoms with van der Waals surface area (Å²) in [6.45, 7) is 5.59. The van der Waals surface area contributed by atoms with Crippen LogP contribution in [0.4, 0.5) is 5.69 Å². The second kappa shape index (κ2) is 11.5. The number of nitrogens with zero attached hydrogens (tertiary/aromatic N) is 1. The van der Waals surface area contributed by atoms with Gasteiger partial charge in [0.25, 0.3) is 5.91 Å². The van der Waals surface area contributed by atoms with Gasteiger partial charge in [0.05, 0.1) is 17.5 Å². The van der Waals surface area contributed by atoms with Crippen molar-refractivity contribution in [2.24, 2.45) is 23.7 Å². The first-order valence-electron chi connectivity index (χ1n) is 15.2. The Morgan fingerprint density at radius 2 is 2.00 bits per heavy atom. The second-order valence-corrected chi connectivity index (χ2v) is 15.4. The third kappa shape index (κ3) is 5.46. The van der Waals surface area contributed by atoms with Crippen molar-refractivity contribution >= 4 is 33.2 Å². The number of ether oxygens (including phenoxy) is 1. The highest BCUT2D eigenvalue weighted by molar-refractivity contribution is 7.90. The van der Waals surface area contributed by atoms with Gasteiger partial charge in [-0.25, -0.2) is 13.1 Å². The number of nitrogens with one attached hydrogen (secondary N) is 1. The van der Waals surface area contributed by atoms with E-state index in [0.717, 1.165) is 55.9 Å². The number of benzene rings is 2. The van der Waals surface area contributed by atoms with Crippen LogP contribution in [0.3, 0.4) is 0 Å². The van der Waals surface area contributed by atoms with E-state index in [9.17, 15) is 18.3 Å². The van der Waals surface area contributed by atoms with E-state index in [4.69, 9.17) is 16.3 Å². The molecule has 2 aromatic rings. The predicted octanol–water partition coefficient (Wildman–Crippen LogP) is 5.49. The van der Waals surface area contributed by atoms with Crippen LogP contribution in [0.5, 0.6) is 5.75 Å². The van der Waals surface area contributed by atoms with Crippen LogP contribution in [0, 0.1) is 23.7 Å². The summed E-state index contributed by atoms with van der Waals surface area (Å²) in [5.74, 6) is 0.614. The minimum absolute atomic E-state index is 0.0241. The van der Waals surface area contributed by atoms with Crippen molar-refractivity contribution in [3.8, 4) is 5.75 Å². The molecule has 1 unspecified atom stereocenters. The molecule has 6 rings (SSSR count). The summed E-state index contributed by atoms with van der Waals surface area (Å²) in [5, 5.41) is 10.3. The lowest BCUT2D eigenvalue weighted by Gasteiger charge is -2.46. The van der Waals surface area contributed by atoms with Crippen LogP contribution < -0.4 is 14.4 Å². The van der Waals surface area contributed by atoms with Crippen LogP contribution >= 0.6 is 11.6 Å². The fourth-order valence-corrected chi connectivity index (χ4v) is 8.99. The monoisotopic (exact) mass is 612 g/mol. The van der Waals surface area contributed by atoms with Gasteiger partial charge in [0.15, 0.2) is 0 Å². The summed E-state index contributed by atoms with van der Waals surface area (Å²) in [7, 11) is -3.90. The molecule has 1 amide bonds. The number of sulfonamides is 1. The van der Waals surface area contributed by atoms with E-state index >= 15 is 0 Å². The van der Waals surface area contributed by atoms with Gasteiger partial charge < -0.3 is 14.7 Å².